The number of benzene rings is 2. The second kappa shape index (κ2) is 8.59. The van der Waals surface area contributed by atoms with E-state index in [1.54, 1.807) is 55.7 Å². The average Bonchev–Trinajstić information content (AvgIpc) is 2.57. The second-order valence-electron chi connectivity index (χ2n) is 4.75. The number of nitrogens with zero attached hydrogens (tertiary/aromatic N) is 1. The topological polar surface area (TPSA) is 82.9 Å². The van der Waals surface area contributed by atoms with Crippen molar-refractivity contribution in [1.29, 1.82) is 0 Å². The van der Waals surface area contributed by atoms with Crippen molar-refractivity contribution in [2.24, 2.45) is 16.5 Å². The van der Waals surface area contributed by atoms with Crippen molar-refractivity contribution in [3.05, 3.63) is 64.3 Å². The Bertz CT molecular complexity index is 759. The molecule has 0 heterocycles. The van der Waals surface area contributed by atoms with Crippen molar-refractivity contribution in [3.8, 4) is 11.5 Å². The van der Waals surface area contributed by atoms with Gasteiger partial charge in [0.15, 0.2) is 0 Å². The first kappa shape index (κ1) is 18.1. The molecule has 0 unspecified atom stereocenters. The molecule has 0 fully saturated rings. The van der Waals surface area contributed by atoms with Crippen molar-refractivity contribution in [3.63, 3.8) is 0 Å². The lowest BCUT2D eigenvalue weighted by Gasteiger charge is -2.08. The van der Waals surface area contributed by atoms with Gasteiger partial charge in [0, 0.05) is 23.3 Å². The molecular weight excluding hydrogens is 349 g/mol. The molecule has 0 aliphatic carbocycles. The predicted molar refractivity (Wildman–Crippen MR) is 98.5 cm³/mol. The molecule has 24 heavy (non-hydrogen) atoms. The van der Waals surface area contributed by atoms with Gasteiger partial charge in [-0.15, -0.1) is 0 Å². The molecule has 0 aliphatic rings. The maximum atomic E-state index is 6.15. The van der Waals surface area contributed by atoms with Crippen LogP contribution >= 0.6 is 23.2 Å². The minimum Gasteiger partial charge on any atom is -0.497 e. The molecule has 2 aromatic rings. The van der Waals surface area contributed by atoms with Gasteiger partial charge in [-0.05, 0) is 42.5 Å². The Morgan fingerprint density at radius 2 is 1.79 bits per heavy atom. The van der Waals surface area contributed by atoms with Gasteiger partial charge < -0.3 is 20.9 Å². The lowest BCUT2D eigenvalue weighted by Crippen LogP contribution is -2.15. The van der Waals surface area contributed by atoms with E-state index in [0.717, 1.165) is 5.75 Å². The highest BCUT2D eigenvalue weighted by Gasteiger charge is 2.06. The number of ether oxygens (including phenoxy) is 2. The van der Waals surface area contributed by atoms with Crippen LogP contribution in [-0.2, 0) is 0 Å². The van der Waals surface area contributed by atoms with E-state index in [1.165, 1.54) is 0 Å². The third-order valence-corrected chi connectivity index (χ3v) is 3.50. The van der Waals surface area contributed by atoms with Crippen molar-refractivity contribution >= 4 is 34.8 Å². The van der Waals surface area contributed by atoms with Crippen LogP contribution in [0.4, 0.5) is 5.69 Å². The lowest BCUT2D eigenvalue weighted by molar-refractivity contribution is 0.414. The van der Waals surface area contributed by atoms with Gasteiger partial charge in [-0.1, -0.05) is 23.2 Å². The second-order valence-corrected chi connectivity index (χ2v) is 5.59. The number of hydrogen-bond donors (Lipinski definition) is 2. The first-order chi connectivity index (χ1) is 11.5. The fraction of sp³-hybridized carbons (Fsp3) is 0.118. The molecule has 2 aromatic carbocycles. The zero-order valence-electron chi connectivity index (χ0n) is 13.0. The fourth-order valence-corrected chi connectivity index (χ4v) is 2.21. The third-order valence-electron chi connectivity index (χ3n) is 2.97. The standard InChI is InChI=1S/C17H17Cl2N3O2/c1-23-13-3-5-14(6-4-13)24-17(9-12(21)10-20)22-16-7-2-11(18)8-15(16)19/h2-9H,10,20-21H2,1H3. The summed E-state index contributed by atoms with van der Waals surface area (Å²) < 4.78 is 10.9. The van der Waals surface area contributed by atoms with Gasteiger partial charge in [-0.25, -0.2) is 4.99 Å². The summed E-state index contributed by atoms with van der Waals surface area (Å²) in [4.78, 5) is 4.39. The number of hydrogen-bond acceptors (Lipinski definition) is 5. The largest absolute Gasteiger partial charge is 0.497 e. The maximum absolute atomic E-state index is 6.15. The van der Waals surface area contributed by atoms with Gasteiger partial charge in [0.2, 0.25) is 5.90 Å². The molecule has 0 amide bonds. The van der Waals surface area contributed by atoms with Gasteiger partial charge in [0.1, 0.15) is 11.5 Å². The minimum absolute atomic E-state index is 0.180. The molecule has 0 radical (unpaired) electrons. The number of nitrogens with two attached hydrogens (primary N) is 2. The molecule has 0 saturated carbocycles. The predicted octanol–water partition coefficient (Wildman–Crippen LogP) is 3.91. The van der Waals surface area contributed by atoms with Crippen LogP contribution in [0.25, 0.3) is 0 Å². The molecule has 4 N–H and O–H groups in total. The van der Waals surface area contributed by atoms with E-state index in [-0.39, 0.29) is 12.4 Å². The highest BCUT2D eigenvalue weighted by Crippen LogP contribution is 2.28. The molecule has 0 aliphatic heterocycles. The molecule has 126 valence electrons. The Hall–Kier alpha value is -2.21. The van der Waals surface area contributed by atoms with Crippen LogP contribution in [0.2, 0.25) is 10.0 Å². The summed E-state index contributed by atoms with van der Waals surface area (Å²) in [7, 11) is 1.59. The zero-order chi connectivity index (χ0) is 17.5. The summed E-state index contributed by atoms with van der Waals surface area (Å²) in [5.74, 6) is 1.55. The molecule has 0 bridgehead atoms. The lowest BCUT2D eigenvalue weighted by atomic mass is 10.3. The van der Waals surface area contributed by atoms with E-state index in [1.807, 2.05) is 0 Å². The summed E-state index contributed by atoms with van der Waals surface area (Å²) in [5, 5.41) is 0.923. The van der Waals surface area contributed by atoms with Gasteiger partial charge in [-0.2, -0.15) is 0 Å². The van der Waals surface area contributed by atoms with Crippen LogP contribution in [0.1, 0.15) is 0 Å². The summed E-state index contributed by atoms with van der Waals surface area (Å²) in [6.07, 6.45) is 1.55. The molecule has 7 heteroatoms. The third kappa shape index (κ3) is 5.16. The van der Waals surface area contributed by atoms with E-state index in [4.69, 9.17) is 44.1 Å². The van der Waals surface area contributed by atoms with E-state index in [0.29, 0.717) is 27.2 Å². The molecule has 0 aromatic heterocycles. The van der Waals surface area contributed by atoms with Crippen molar-refractivity contribution in [2.45, 2.75) is 0 Å². The van der Waals surface area contributed by atoms with Gasteiger partial charge >= 0.3 is 0 Å². The molecule has 0 spiro atoms. The Labute approximate surface area is 150 Å². The normalized spacial score (nSPS) is 12.2. The van der Waals surface area contributed by atoms with E-state index in [9.17, 15) is 0 Å². The van der Waals surface area contributed by atoms with Crippen molar-refractivity contribution in [1.82, 2.24) is 0 Å². The highest BCUT2D eigenvalue weighted by atomic mass is 35.5. The molecular formula is C17H17Cl2N3O2. The fourth-order valence-electron chi connectivity index (χ4n) is 1.76. The minimum atomic E-state index is 0.180. The molecule has 0 atom stereocenters. The smallest absolute Gasteiger partial charge is 0.221 e. The Kier molecular flexibility index (Phi) is 6.49. The van der Waals surface area contributed by atoms with Gasteiger partial charge in [0.25, 0.3) is 0 Å². The first-order valence-corrected chi connectivity index (χ1v) is 7.79. The van der Waals surface area contributed by atoms with Crippen LogP contribution in [0.3, 0.4) is 0 Å². The molecule has 2 rings (SSSR count). The SMILES string of the molecule is COc1ccc(OC(C=C(N)CN)=Nc2ccc(Cl)cc2Cl)cc1. The quantitative estimate of drug-likeness (QED) is 0.621. The first-order valence-electron chi connectivity index (χ1n) is 7.03. The maximum Gasteiger partial charge on any atom is 0.221 e. The summed E-state index contributed by atoms with van der Waals surface area (Å²) in [6, 6.07) is 12.0. The number of rotatable bonds is 5. The summed E-state index contributed by atoms with van der Waals surface area (Å²) in [5.41, 5.74) is 12.2. The monoisotopic (exact) mass is 365 g/mol. The van der Waals surface area contributed by atoms with Crippen LogP contribution in [0, 0.1) is 0 Å². The average molecular weight is 366 g/mol. The van der Waals surface area contributed by atoms with E-state index >= 15 is 0 Å². The van der Waals surface area contributed by atoms with Gasteiger partial charge in [0.05, 0.1) is 17.8 Å². The van der Waals surface area contributed by atoms with Crippen LogP contribution < -0.4 is 20.9 Å². The summed E-state index contributed by atoms with van der Waals surface area (Å²) in [6.45, 7) is 0.180. The Morgan fingerprint density at radius 3 is 2.38 bits per heavy atom. The van der Waals surface area contributed by atoms with Crippen LogP contribution in [0.15, 0.2) is 59.2 Å². The Balaban J connectivity index is 2.34. The number of halogens is 2. The Morgan fingerprint density at radius 1 is 1.12 bits per heavy atom. The van der Waals surface area contributed by atoms with E-state index in [2.05, 4.69) is 4.99 Å². The number of aliphatic imine (C=N–C) groups is 1. The van der Waals surface area contributed by atoms with E-state index < -0.39 is 0 Å². The van der Waals surface area contributed by atoms with Crippen molar-refractivity contribution in [2.75, 3.05) is 13.7 Å². The molecule has 5 nitrogen and oxygen atoms in total. The van der Waals surface area contributed by atoms with Crippen LogP contribution in [0.5, 0.6) is 11.5 Å². The number of methoxy groups -OCH3 is 1. The van der Waals surface area contributed by atoms with Crippen LogP contribution in [-0.4, -0.2) is 19.6 Å². The highest BCUT2D eigenvalue weighted by molar-refractivity contribution is 6.36. The zero-order valence-corrected chi connectivity index (χ0v) is 14.5. The van der Waals surface area contributed by atoms with Gasteiger partial charge in [-0.3, -0.25) is 0 Å². The molecule has 0 saturated heterocycles. The summed E-state index contributed by atoms with van der Waals surface area (Å²) >= 11 is 12.0. The van der Waals surface area contributed by atoms with Crippen molar-refractivity contribution < 1.29 is 9.47 Å².